The second kappa shape index (κ2) is 46.4. The lowest BCUT2D eigenvalue weighted by atomic mass is 10.8. The smallest absolute Gasteiger partial charge is 0.313 e. The molecular formula is C29H58O2S14. The molecule has 0 fully saturated rings. The summed E-state index contributed by atoms with van der Waals surface area (Å²) in [5.41, 5.74) is 0. The third kappa shape index (κ3) is 48.4. The summed E-state index contributed by atoms with van der Waals surface area (Å²) in [5, 5.41) is 8.61. The highest BCUT2D eigenvalue weighted by atomic mass is 32.2. The predicted molar refractivity (Wildman–Crippen MR) is 251 cm³/mol. The molecule has 0 spiro atoms. The van der Waals surface area contributed by atoms with Crippen LogP contribution in [-0.2, 0) is 4.79 Å². The number of carboxylic acid groups (broad SMARTS) is 1. The van der Waals surface area contributed by atoms with Gasteiger partial charge in [-0.1, -0.05) is 0 Å². The molecule has 0 radical (unpaired) electrons. The van der Waals surface area contributed by atoms with Gasteiger partial charge in [0.25, 0.3) is 0 Å². The molecule has 0 aromatic rings. The maximum atomic E-state index is 10.5. The number of carbonyl (C=O) groups is 1. The Morgan fingerprint density at radius 1 is 0.311 bits per heavy atom. The van der Waals surface area contributed by atoms with E-state index in [-0.39, 0.29) is 5.75 Å². The second-order valence-corrected chi connectivity index (χ2v) is 25.6. The van der Waals surface area contributed by atoms with E-state index in [4.69, 9.17) is 5.11 Å². The summed E-state index contributed by atoms with van der Waals surface area (Å²) in [6.45, 7) is 0. The van der Waals surface area contributed by atoms with Crippen molar-refractivity contribution in [1.29, 1.82) is 0 Å². The average molecular weight is 888 g/mol. The van der Waals surface area contributed by atoms with Gasteiger partial charge in [0.2, 0.25) is 0 Å². The van der Waals surface area contributed by atoms with Crippen molar-refractivity contribution >= 4 is 171 Å². The summed E-state index contributed by atoms with van der Waals surface area (Å²) >= 11 is 28.8. The molecule has 0 aromatic heterocycles. The van der Waals surface area contributed by atoms with Crippen LogP contribution in [0.15, 0.2) is 0 Å². The van der Waals surface area contributed by atoms with E-state index in [2.05, 4.69) is 136 Å². The standard InChI is InChI=1S/C29H58O2S14/c1-32-2-3-33-4-5-34-6-7-35-8-9-36-10-11-37-12-13-38-14-15-39-16-17-40-18-19-41-20-21-42-22-23-43-24-25-44-26-27-45-28-29(30)31/h2-28H2,1H3,(H,30,31). The fraction of sp³-hybridized carbons (Fsp3) is 0.966. The zero-order valence-electron chi connectivity index (χ0n) is 27.2. The molecule has 0 aromatic carbocycles. The lowest BCUT2D eigenvalue weighted by Gasteiger charge is -2.05. The SMILES string of the molecule is CSCCSCCSCCSCCSCCSCCSCCSCCSCCSCCSCCSCCSCCSCC(=O)O. The Labute approximate surface area is 338 Å². The van der Waals surface area contributed by atoms with Crippen LogP contribution in [0.25, 0.3) is 0 Å². The number of rotatable bonds is 41. The third-order valence-corrected chi connectivity index (χ3v) is 21.9. The van der Waals surface area contributed by atoms with Gasteiger partial charge in [-0.3, -0.25) is 4.79 Å². The van der Waals surface area contributed by atoms with Gasteiger partial charge in [-0.25, -0.2) is 0 Å². The van der Waals surface area contributed by atoms with Crippen LogP contribution in [0.4, 0.5) is 0 Å². The van der Waals surface area contributed by atoms with Crippen LogP contribution in [-0.4, -0.2) is 173 Å². The maximum absolute atomic E-state index is 10.5. The second-order valence-electron chi connectivity index (χ2n) is 8.79. The van der Waals surface area contributed by atoms with Crippen molar-refractivity contribution in [1.82, 2.24) is 0 Å². The number of hydrogen-bond acceptors (Lipinski definition) is 15. The van der Waals surface area contributed by atoms with Crippen molar-refractivity contribution in [2.24, 2.45) is 0 Å². The summed E-state index contributed by atoms with van der Waals surface area (Å²) in [6.07, 6.45) is 2.20. The minimum Gasteiger partial charge on any atom is -0.481 e. The summed E-state index contributed by atoms with van der Waals surface area (Å²) < 4.78 is 0. The van der Waals surface area contributed by atoms with Crippen LogP contribution >= 0.6 is 165 Å². The first kappa shape index (κ1) is 49.4. The van der Waals surface area contributed by atoms with E-state index < -0.39 is 5.97 Å². The Morgan fingerprint density at radius 3 is 0.622 bits per heavy atom. The normalized spacial score (nSPS) is 11.5. The molecule has 0 aliphatic heterocycles. The summed E-state index contributed by atoms with van der Waals surface area (Å²) in [4.78, 5) is 10.5. The zero-order chi connectivity index (χ0) is 32.6. The van der Waals surface area contributed by atoms with Crippen molar-refractivity contribution in [2.75, 3.05) is 162 Å². The van der Waals surface area contributed by atoms with Crippen LogP contribution in [0.2, 0.25) is 0 Å². The number of aliphatic carboxylic acids is 1. The molecule has 45 heavy (non-hydrogen) atoms. The molecule has 0 aliphatic carbocycles. The van der Waals surface area contributed by atoms with E-state index in [1.807, 2.05) is 23.5 Å². The van der Waals surface area contributed by atoms with Crippen LogP contribution in [0, 0.1) is 0 Å². The van der Waals surface area contributed by atoms with Gasteiger partial charge in [-0.15, -0.1) is 11.8 Å². The van der Waals surface area contributed by atoms with Gasteiger partial charge >= 0.3 is 5.97 Å². The molecular weight excluding hydrogens is 829 g/mol. The molecule has 0 aliphatic rings. The van der Waals surface area contributed by atoms with E-state index in [0.717, 1.165) is 11.5 Å². The zero-order valence-corrected chi connectivity index (χ0v) is 38.6. The van der Waals surface area contributed by atoms with Gasteiger partial charge in [0.1, 0.15) is 0 Å². The Bertz CT molecular complexity index is 569. The van der Waals surface area contributed by atoms with E-state index in [9.17, 15) is 4.79 Å². The van der Waals surface area contributed by atoms with Crippen molar-refractivity contribution < 1.29 is 9.90 Å². The van der Waals surface area contributed by atoms with Crippen LogP contribution < -0.4 is 0 Å². The average Bonchev–Trinajstić information content (AvgIpc) is 3.03. The van der Waals surface area contributed by atoms with E-state index in [1.165, 1.54) is 150 Å². The Morgan fingerprint density at radius 2 is 0.467 bits per heavy atom. The maximum Gasteiger partial charge on any atom is 0.313 e. The number of hydrogen-bond donors (Lipinski definition) is 1. The number of thioether (sulfide) groups is 14. The largest absolute Gasteiger partial charge is 0.481 e. The third-order valence-electron chi connectivity index (χ3n) is 5.12. The molecule has 0 bridgehead atoms. The topological polar surface area (TPSA) is 37.3 Å². The molecule has 0 atom stereocenters. The fourth-order valence-corrected chi connectivity index (χ4v) is 18.2. The Hall–Kier alpha value is 4.37. The monoisotopic (exact) mass is 886 g/mol. The molecule has 2 nitrogen and oxygen atoms in total. The summed E-state index contributed by atoms with van der Waals surface area (Å²) in [7, 11) is 0. The quantitative estimate of drug-likeness (QED) is 0.0592. The van der Waals surface area contributed by atoms with Gasteiger partial charge < -0.3 is 5.11 Å². The molecule has 0 rings (SSSR count). The molecule has 0 heterocycles. The lowest BCUT2D eigenvalue weighted by Crippen LogP contribution is -2.00. The van der Waals surface area contributed by atoms with Crippen molar-refractivity contribution in [3.05, 3.63) is 0 Å². The molecule has 0 saturated heterocycles. The van der Waals surface area contributed by atoms with Gasteiger partial charge in [-0.05, 0) is 6.26 Å². The minimum atomic E-state index is -0.705. The molecule has 1 N–H and O–H groups in total. The first-order valence-electron chi connectivity index (χ1n) is 15.5. The van der Waals surface area contributed by atoms with E-state index in [1.54, 1.807) is 0 Å². The van der Waals surface area contributed by atoms with Gasteiger partial charge in [0.15, 0.2) is 0 Å². The number of carboxylic acids is 1. The van der Waals surface area contributed by atoms with Crippen molar-refractivity contribution in [2.45, 2.75) is 0 Å². The van der Waals surface area contributed by atoms with Crippen molar-refractivity contribution in [3.8, 4) is 0 Å². The molecule has 0 amide bonds. The summed E-state index contributed by atoms with van der Waals surface area (Å²) in [6, 6.07) is 0. The fourth-order valence-electron chi connectivity index (χ4n) is 2.94. The van der Waals surface area contributed by atoms with Crippen molar-refractivity contribution in [3.63, 3.8) is 0 Å². The molecule has 0 saturated carbocycles. The molecule has 16 heteroatoms. The summed E-state index contributed by atoms with van der Waals surface area (Å²) in [5.74, 6) is 32.8. The Balaban J connectivity index is 3.04. The molecule has 0 unspecified atom stereocenters. The highest BCUT2D eigenvalue weighted by Crippen LogP contribution is 2.17. The van der Waals surface area contributed by atoms with Crippen LogP contribution in [0.1, 0.15) is 0 Å². The van der Waals surface area contributed by atoms with Gasteiger partial charge in [-0.2, -0.15) is 153 Å². The van der Waals surface area contributed by atoms with Crippen LogP contribution in [0.3, 0.4) is 0 Å². The highest BCUT2D eigenvalue weighted by Gasteiger charge is 1.99. The lowest BCUT2D eigenvalue weighted by molar-refractivity contribution is -0.133. The first-order chi connectivity index (χ1) is 22.3. The molecule has 270 valence electrons. The van der Waals surface area contributed by atoms with Gasteiger partial charge in [0, 0.05) is 150 Å². The van der Waals surface area contributed by atoms with Gasteiger partial charge in [0.05, 0.1) is 5.75 Å². The van der Waals surface area contributed by atoms with Crippen LogP contribution in [0.5, 0.6) is 0 Å². The Kier molecular flexibility index (Phi) is 50.9. The first-order valence-corrected chi connectivity index (χ1v) is 31.9. The highest BCUT2D eigenvalue weighted by molar-refractivity contribution is 8.08. The predicted octanol–water partition coefficient (Wildman–Crippen LogP) is 9.97. The van der Waals surface area contributed by atoms with E-state index >= 15 is 0 Å². The minimum absolute atomic E-state index is 0.236. The van der Waals surface area contributed by atoms with E-state index in [0.29, 0.717) is 0 Å².